The fourth-order valence-corrected chi connectivity index (χ4v) is 10.3. The summed E-state index contributed by atoms with van der Waals surface area (Å²) in [6.07, 6.45) is 2.03. The summed E-state index contributed by atoms with van der Waals surface area (Å²) in [4.78, 5) is 2.57. The Balaban J connectivity index is 1.07. The molecule has 1 heterocycles. The Morgan fingerprint density at radius 1 is 0.333 bits per heavy atom. The number of aryl methyl sites for hydroxylation is 1. The Labute approximate surface area is 376 Å². The van der Waals surface area contributed by atoms with Crippen LogP contribution >= 0.6 is 11.3 Å². The maximum atomic E-state index is 3.68. The monoisotopic (exact) mass is 822 g/mol. The van der Waals surface area contributed by atoms with Gasteiger partial charge in [0.05, 0.1) is 4.88 Å². The third-order valence-electron chi connectivity index (χ3n) is 12.6. The molecule has 0 amide bonds. The van der Waals surface area contributed by atoms with Crippen LogP contribution in [0.1, 0.15) is 52.8 Å². The number of benzene rings is 8. The van der Waals surface area contributed by atoms with Crippen molar-refractivity contribution in [3.8, 4) is 113 Å². The molecular formula is C62H46S. The second kappa shape index (κ2) is 17.2. The van der Waals surface area contributed by atoms with Crippen molar-refractivity contribution in [2.75, 3.05) is 0 Å². The number of hydrogen-bond donors (Lipinski definition) is 0. The zero-order chi connectivity index (χ0) is 42.9. The molecule has 8 aromatic carbocycles. The molecule has 0 nitrogen and oxygen atoms in total. The van der Waals surface area contributed by atoms with E-state index in [0.717, 1.165) is 57.3 Å². The van der Waals surface area contributed by atoms with Crippen LogP contribution in [0.25, 0.3) is 89.0 Å². The van der Waals surface area contributed by atoms with Gasteiger partial charge < -0.3 is 0 Å². The summed E-state index contributed by atoms with van der Waals surface area (Å²) < 4.78 is 0. The van der Waals surface area contributed by atoms with Gasteiger partial charge in [0.15, 0.2) is 0 Å². The highest BCUT2D eigenvalue weighted by atomic mass is 32.1. The van der Waals surface area contributed by atoms with Gasteiger partial charge in [0, 0.05) is 16.0 Å². The molecule has 0 unspecified atom stereocenters. The van der Waals surface area contributed by atoms with Crippen LogP contribution < -0.4 is 0 Å². The van der Waals surface area contributed by atoms with Crippen molar-refractivity contribution in [2.24, 2.45) is 0 Å². The molecule has 9 aromatic rings. The summed E-state index contributed by atoms with van der Waals surface area (Å²) in [6, 6.07) is 66.9. The molecule has 0 aliphatic heterocycles. The van der Waals surface area contributed by atoms with Gasteiger partial charge in [-0.2, -0.15) is 0 Å². The van der Waals surface area contributed by atoms with Gasteiger partial charge >= 0.3 is 0 Å². The summed E-state index contributed by atoms with van der Waals surface area (Å²) in [7, 11) is 0. The highest BCUT2D eigenvalue weighted by molar-refractivity contribution is 7.12. The third kappa shape index (κ3) is 7.86. The van der Waals surface area contributed by atoms with Crippen LogP contribution in [0.2, 0.25) is 0 Å². The number of rotatable bonds is 2. The second-order valence-electron chi connectivity index (χ2n) is 16.3. The smallest absolute Gasteiger partial charge is 0.0809 e. The van der Waals surface area contributed by atoms with Gasteiger partial charge in [-0.25, -0.2) is 0 Å². The van der Waals surface area contributed by atoms with Crippen molar-refractivity contribution in [3.05, 3.63) is 214 Å². The van der Waals surface area contributed by atoms with E-state index in [0.29, 0.717) is 0 Å². The minimum absolute atomic E-state index is 0.992. The van der Waals surface area contributed by atoms with Crippen molar-refractivity contribution < 1.29 is 0 Å². The molecule has 63 heavy (non-hydrogen) atoms. The molecule has 22 aliphatic carbocycles. The van der Waals surface area contributed by atoms with Gasteiger partial charge in [-0.15, -0.1) is 17.3 Å². The highest BCUT2D eigenvalue weighted by Crippen LogP contribution is 2.36. The van der Waals surface area contributed by atoms with E-state index in [4.69, 9.17) is 0 Å². The van der Waals surface area contributed by atoms with Crippen LogP contribution in [0.3, 0.4) is 0 Å². The molecule has 0 radical (unpaired) electrons. The summed E-state index contributed by atoms with van der Waals surface area (Å²) in [6.45, 7) is 8.64. The minimum atomic E-state index is 0.992. The first kappa shape index (κ1) is 39.7. The lowest BCUT2D eigenvalue weighted by molar-refractivity contribution is 1.04. The number of thiophene rings is 1. The molecule has 0 saturated carbocycles. The zero-order valence-corrected chi connectivity index (χ0v) is 37.0. The fraction of sp³-hybridized carbons (Fsp3) is 0.0968. The molecular weight excluding hydrogens is 777 g/mol. The lowest BCUT2D eigenvalue weighted by atomic mass is 9.92. The van der Waals surface area contributed by atoms with E-state index in [1.54, 1.807) is 0 Å². The Bertz CT molecular complexity index is 3240. The Morgan fingerprint density at radius 2 is 0.619 bits per heavy atom. The van der Waals surface area contributed by atoms with Crippen LogP contribution in [0.5, 0.6) is 0 Å². The average molecular weight is 823 g/mol. The van der Waals surface area contributed by atoms with E-state index in [9.17, 15) is 0 Å². The molecule has 0 N–H and O–H groups in total. The van der Waals surface area contributed by atoms with Crippen LogP contribution in [-0.2, 0) is 12.8 Å². The molecule has 22 aliphatic rings. The fourth-order valence-electron chi connectivity index (χ4n) is 9.08. The van der Waals surface area contributed by atoms with Crippen LogP contribution in [-0.4, -0.2) is 0 Å². The predicted molar refractivity (Wildman–Crippen MR) is 270 cm³/mol. The number of hydrogen-bond acceptors (Lipinski definition) is 1. The third-order valence-corrected chi connectivity index (χ3v) is 13.7. The van der Waals surface area contributed by atoms with Crippen LogP contribution in [0.4, 0.5) is 0 Å². The average Bonchev–Trinajstić information content (AvgIpc) is 3.67. The first-order valence-electron chi connectivity index (χ1n) is 21.9. The van der Waals surface area contributed by atoms with Crippen LogP contribution in [0.15, 0.2) is 182 Å². The van der Waals surface area contributed by atoms with Gasteiger partial charge in [-0.05, 0) is 139 Å². The van der Waals surface area contributed by atoms with Gasteiger partial charge in [0.1, 0.15) is 0 Å². The Morgan fingerprint density at radius 3 is 0.937 bits per heavy atom. The van der Waals surface area contributed by atoms with Crippen molar-refractivity contribution in [1.82, 2.24) is 0 Å². The molecule has 300 valence electrons. The SMILES string of the molecule is CC#Cc1cc2ccc1-c1ccc(cc1)-c1ccc(cc1)-c1ccc(cc1)-c1ccc(c(C#Cc3sc(C)c(CC)c3CC)c1)-c1ccc(cc1)-c1ccc(cc1)-c1ccc-2cc1. The molecule has 31 rings (SSSR count). The van der Waals surface area contributed by atoms with E-state index in [1.165, 1.54) is 76.5 Å². The van der Waals surface area contributed by atoms with E-state index in [-0.39, 0.29) is 0 Å². The summed E-state index contributed by atoms with van der Waals surface area (Å²) in [5, 5.41) is 0. The first-order valence-corrected chi connectivity index (χ1v) is 22.8. The molecule has 1 aromatic heterocycles. The van der Waals surface area contributed by atoms with Crippen molar-refractivity contribution in [2.45, 2.75) is 40.5 Å². The normalized spacial score (nSPS) is 11.0. The topological polar surface area (TPSA) is 0 Å². The first-order chi connectivity index (χ1) is 31.0. The zero-order valence-electron chi connectivity index (χ0n) is 36.1. The lowest BCUT2D eigenvalue weighted by Crippen LogP contribution is -1.90. The Hall–Kier alpha value is -7.42. The maximum Gasteiger partial charge on any atom is 0.0809 e. The molecule has 0 atom stereocenters. The summed E-state index contributed by atoms with van der Waals surface area (Å²) in [5.41, 5.74) is 23.7. The molecule has 0 fully saturated rings. The molecule has 1 heteroatoms. The summed E-state index contributed by atoms with van der Waals surface area (Å²) in [5.74, 6) is 13.9. The standard InChI is InChI=1S/C62H46S/c1-5-8-56-39-54-33-36-60(56)52-29-25-48(26-30-52)44-13-9-43(10-14-44)47-19-23-51(24-20-47)55-34-37-61(57(40-55)35-38-62-59(7-3)58(6-2)41(4)63-62)53-31-27-49(28-32-53)45-15-11-42(12-16-45)46-17-21-50(54)22-18-46/h9-34,36-37,39-40H,6-7H2,1-4H3. The van der Waals surface area contributed by atoms with Crippen molar-refractivity contribution in [1.29, 1.82) is 0 Å². The van der Waals surface area contributed by atoms with Gasteiger partial charge in [0.25, 0.3) is 0 Å². The predicted octanol–water partition coefficient (Wildman–Crippen LogP) is 16.6. The largest absolute Gasteiger partial charge is 0.131 e. The second-order valence-corrected chi connectivity index (χ2v) is 17.5. The molecule has 16 bridgehead atoms. The van der Waals surface area contributed by atoms with E-state index in [1.807, 2.05) is 18.3 Å². The quantitative estimate of drug-likeness (QED) is 0.152. The molecule has 0 saturated heterocycles. The van der Waals surface area contributed by atoms with Gasteiger partial charge in [0.2, 0.25) is 0 Å². The maximum absolute atomic E-state index is 3.68. The van der Waals surface area contributed by atoms with Gasteiger partial charge in [-0.3, -0.25) is 0 Å². The summed E-state index contributed by atoms with van der Waals surface area (Å²) >= 11 is 1.84. The van der Waals surface area contributed by atoms with E-state index < -0.39 is 0 Å². The van der Waals surface area contributed by atoms with Gasteiger partial charge in [-0.1, -0.05) is 201 Å². The van der Waals surface area contributed by atoms with E-state index >= 15 is 0 Å². The highest BCUT2D eigenvalue weighted by Gasteiger charge is 2.14. The minimum Gasteiger partial charge on any atom is -0.131 e. The van der Waals surface area contributed by atoms with Crippen LogP contribution in [0, 0.1) is 30.6 Å². The molecule has 0 spiro atoms. The Kier molecular flexibility index (Phi) is 10.8. The lowest BCUT2D eigenvalue weighted by Gasteiger charge is -2.12. The van der Waals surface area contributed by atoms with Crippen molar-refractivity contribution in [3.63, 3.8) is 0 Å². The van der Waals surface area contributed by atoms with Crippen molar-refractivity contribution >= 4 is 11.3 Å². The van der Waals surface area contributed by atoms with E-state index in [2.05, 4.69) is 226 Å².